The van der Waals surface area contributed by atoms with Crippen LogP contribution in [0.3, 0.4) is 0 Å². The van der Waals surface area contributed by atoms with Crippen LogP contribution in [0.5, 0.6) is 0 Å². The van der Waals surface area contributed by atoms with Gasteiger partial charge in [0.2, 0.25) is 0 Å². The van der Waals surface area contributed by atoms with Crippen molar-refractivity contribution in [2.75, 3.05) is 32.6 Å². The lowest BCUT2D eigenvalue weighted by molar-refractivity contribution is 0.100. The van der Waals surface area contributed by atoms with Crippen LogP contribution in [0, 0.1) is 0 Å². The van der Waals surface area contributed by atoms with E-state index in [0.29, 0.717) is 24.5 Å². The summed E-state index contributed by atoms with van der Waals surface area (Å²) in [7, 11) is 3.42. The summed E-state index contributed by atoms with van der Waals surface area (Å²) < 4.78 is 10.9. The first-order chi connectivity index (χ1) is 12.1. The Kier molecular flexibility index (Phi) is 5.06. The number of carbonyl (C=O) groups is 1. The predicted molar refractivity (Wildman–Crippen MR) is 97.6 cm³/mol. The number of hydrogen-bond acceptors (Lipinski definition) is 5. The van der Waals surface area contributed by atoms with Crippen molar-refractivity contribution in [2.45, 2.75) is 6.54 Å². The van der Waals surface area contributed by atoms with Crippen LogP contribution in [0.15, 0.2) is 34.7 Å². The molecule has 0 aliphatic heterocycles. The number of hydrogen-bond donors (Lipinski definition) is 4. The number of amides is 1. The molecule has 3 rings (SSSR count). The molecule has 0 unspecified atom stereocenters. The van der Waals surface area contributed by atoms with Crippen molar-refractivity contribution >= 4 is 22.6 Å². The number of carbonyl (C=O) groups excluding carboxylic acids is 1. The molecule has 132 valence electrons. The fraction of sp³-hybridized carbons (Fsp3) is 0.278. The third-order valence-electron chi connectivity index (χ3n) is 4.02. The molecule has 0 saturated carbocycles. The van der Waals surface area contributed by atoms with Gasteiger partial charge in [-0.3, -0.25) is 4.79 Å². The fourth-order valence-electron chi connectivity index (χ4n) is 2.81. The van der Waals surface area contributed by atoms with Crippen LogP contribution in [0.1, 0.15) is 16.1 Å². The number of nitrogens with two attached hydrogens (primary N) is 1. The number of ether oxygens (including phenoxy) is 1. The van der Waals surface area contributed by atoms with Gasteiger partial charge in [-0.05, 0) is 18.2 Å². The van der Waals surface area contributed by atoms with E-state index in [1.807, 2.05) is 30.3 Å². The number of anilines is 1. The Morgan fingerprint density at radius 3 is 2.88 bits per heavy atom. The normalized spacial score (nSPS) is 11.1. The monoisotopic (exact) mass is 342 g/mol. The van der Waals surface area contributed by atoms with Crippen molar-refractivity contribution in [1.29, 1.82) is 0 Å². The van der Waals surface area contributed by atoms with E-state index >= 15 is 0 Å². The summed E-state index contributed by atoms with van der Waals surface area (Å²) in [5.41, 5.74) is 7.70. The van der Waals surface area contributed by atoms with E-state index in [4.69, 9.17) is 14.9 Å². The minimum atomic E-state index is -0.467. The Bertz CT molecular complexity index is 882. The lowest BCUT2D eigenvalue weighted by Crippen LogP contribution is -2.18. The Balaban J connectivity index is 1.85. The van der Waals surface area contributed by atoms with E-state index in [1.165, 1.54) is 0 Å². The largest absolute Gasteiger partial charge is 0.460 e. The number of primary amides is 1. The zero-order valence-corrected chi connectivity index (χ0v) is 14.3. The van der Waals surface area contributed by atoms with Crippen molar-refractivity contribution in [3.8, 4) is 11.3 Å². The maximum absolute atomic E-state index is 11.7. The van der Waals surface area contributed by atoms with Gasteiger partial charge in [-0.25, -0.2) is 0 Å². The van der Waals surface area contributed by atoms with E-state index in [0.717, 1.165) is 34.5 Å². The number of furan rings is 1. The molecule has 0 aliphatic carbocycles. The molecule has 0 aliphatic rings. The molecule has 0 atom stereocenters. The summed E-state index contributed by atoms with van der Waals surface area (Å²) in [5, 5.41) is 6.99. The van der Waals surface area contributed by atoms with Crippen LogP contribution in [0.4, 0.5) is 5.82 Å². The predicted octanol–water partition coefficient (Wildman–Crippen LogP) is 2.30. The summed E-state index contributed by atoms with van der Waals surface area (Å²) in [5.74, 6) is 1.77. The van der Waals surface area contributed by atoms with Gasteiger partial charge in [-0.15, -0.1) is 0 Å². The second kappa shape index (κ2) is 7.42. The second-order valence-electron chi connectivity index (χ2n) is 5.69. The zero-order valence-electron chi connectivity index (χ0n) is 14.3. The quantitative estimate of drug-likeness (QED) is 0.470. The van der Waals surface area contributed by atoms with Gasteiger partial charge in [0.05, 0.1) is 18.7 Å². The molecule has 7 heteroatoms. The topological polar surface area (TPSA) is 105 Å². The van der Waals surface area contributed by atoms with E-state index in [1.54, 1.807) is 14.2 Å². The Morgan fingerprint density at radius 1 is 1.32 bits per heavy atom. The van der Waals surface area contributed by atoms with Crippen molar-refractivity contribution in [1.82, 2.24) is 10.3 Å². The van der Waals surface area contributed by atoms with Crippen LogP contribution in [-0.4, -0.2) is 38.2 Å². The first-order valence-electron chi connectivity index (χ1n) is 8.06. The van der Waals surface area contributed by atoms with Gasteiger partial charge in [0.25, 0.3) is 5.91 Å². The van der Waals surface area contributed by atoms with Gasteiger partial charge in [-0.2, -0.15) is 0 Å². The average Bonchev–Trinajstić information content (AvgIpc) is 3.22. The minimum Gasteiger partial charge on any atom is -0.460 e. The van der Waals surface area contributed by atoms with E-state index in [-0.39, 0.29) is 0 Å². The number of benzene rings is 1. The third-order valence-corrected chi connectivity index (χ3v) is 4.02. The molecule has 0 saturated heterocycles. The molecule has 25 heavy (non-hydrogen) atoms. The molecule has 2 heterocycles. The van der Waals surface area contributed by atoms with Crippen molar-refractivity contribution in [3.05, 3.63) is 41.7 Å². The number of aromatic amines is 1. The lowest BCUT2D eigenvalue weighted by Gasteiger charge is -2.02. The molecule has 1 aromatic carbocycles. The number of methoxy groups -OCH3 is 1. The molecule has 0 radical (unpaired) electrons. The van der Waals surface area contributed by atoms with Gasteiger partial charge in [0, 0.05) is 37.2 Å². The van der Waals surface area contributed by atoms with Crippen molar-refractivity contribution in [2.24, 2.45) is 5.73 Å². The number of H-pyrrole nitrogens is 1. The highest BCUT2D eigenvalue weighted by Crippen LogP contribution is 2.30. The van der Waals surface area contributed by atoms with Gasteiger partial charge < -0.3 is 30.5 Å². The maximum Gasteiger partial charge on any atom is 0.253 e. The molecule has 0 fully saturated rings. The first kappa shape index (κ1) is 17.1. The highest BCUT2D eigenvalue weighted by Gasteiger charge is 2.16. The van der Waals surface area contributed by atoms with E-state index in [2.05, 4.69) is 15.6 Å². The standard InChI is InChI=1S/C18H22N4O3/c1-20-18-16(17(19)23)13-5-3-11(9-14(13)22-18)15-6-4-12(25-15)10-21-7-8-24-2/h3-6,9,20-22H,7-8,10H2,1-2H3,(H2,19,23). The summed E-state index contributed by atoms with van der Waals surface area (Å²) in [4.78, 5) is 14.9. The van der Waals surface area contributed by atoms with Gasteiger partial charge in [-0.1, -0.05) is 12.1 Å². The Morgan fingerprint density at radius 2 is 2.16 bits per heavy atom. The summed E-state index contributed by atoms with van der Waals surface area (Å²) in [6.07, 6.45) is 0. The van der Waals surface area contributed by atoms with Gasteiger partial charge in [0.15, 0.2) is 0 Å². The summed E-state index contributed by atoms with van der Waals surface area (Å²) >= 11 is 0. The molecular formula is C18H22N4O3. The van der Waals surface area contributed by atoms with E-state index in [9.17, 15) is 4.79 Å². The molecular weight excluding hydrogens is 320 g/mol. The zero-order chi connectivity index (χ0) is 17.8. The van der Waals surface area contributed by atoms with E-state index < -0.39 is 5.91 Å². The summed E-state index contributed by atoms with van der Waals surface area (Å²) in [6, 6.07) is 9.63. The molecule has 5 N–H and O–H groups in total. The number of nitrogens with one attached hydrogen (secondary N) is 3. The maximum atomic E-state index is 11.7. The van der Waals surface area contributed by atoms with Gasteiger partial charge >= 0.3 is 0 Å². The number of aromatic nitrogens is 1. The van der Waals surface area contributed by atoms with Crippen LogP contribution >= 0.6 is 0 Å². The first-order valence-corrected chi connectivity index (χ1v) is 8.06. The highest BCUT2D eigenvalue weighted by atomic mass is 16.5. The van der Waals surface area contributed by atoms with Crippen molar-refractivity contribution in [3.63, 3.8) is 0 Å². The molecule has 1 amide bonds. The lowest BCUT2D eigenvalue weighted by atomic mass is 10.1. The SMILES string of the molecule is CNc1[nH]c2cc(-c3ccc(CNCCOC)o3)ccc2c1C(N)=O. The Labute approximate surface area is 145 Å². The smallest absolute Gasteiger partial charge is 0.253 e. The Hall–Kier alpha value is -2.77. The van der Waals surface area contributed by atoms with Crippen LogP contribution < -0.4 is 16.4 Å². The fourth-order valence-corrected chi connectivity index (χ4v) is 2.81. The number of fused-ring (bicyclic) bond motifs is 1. The number of rotatable bonds is 8. The van der Waals surface area contributed by atoms with Gasteiger partial charge in [0.1, 0.15) is 17.3 Å². The molecule has 2 aromatic heterocycles. The molecule has 0 bridgehead atoms. The van der Waals surface area contributed by atoms with Crippen LogP contribution in [-0.2, 0) is 11.3 Å². The molecule has 0 spiro atoms. The summed E-state index contributed by atoms with van der Waals surface area (Å²) in [6.45, 7) is 2.07. The average molecular weight is 342 g/mol. The van der Waals surface area contributed by atoms with Crippen LogP contribution in [0.25, 0.3) is 22.2 Å². The second-order valence-corrected chi connectivity index (χ2v) is 5.69. The third kappa shape index (κ3) is 3.52. The van der Waals surface area contributed by atoms with Crippen LogP contribution in [0.2, 0.25) is 0 Å². The van der Waals surface area contributed by atoms with Crippen molar-refractivity contribution < 1.29 is 13.9 Å². The highest BCUT2D eigenvalue weighted by molar-refractivity contribution is 6.11. The minimum absolute atomic E-state index is 0.464. The molecule has 3 aromatic rings. The molecule has 7 nitrogen and oxygen atoms in total.